The van der Waals surface area contributed by atoms with Crippen LogP contribution in [0.4, 0.5) is 0 Å². The molecule has 0 bridgehead atoms. The van der Waals surface area contributed by atoms with Gasteiger partial charge in [0.1, 0.15) is 23.6 Å². The molecule has 0 saturated heterocycles. The number of esters is 2. The standard InChI is InChI=1S/C30H42O7/c1-16-13-20(33)19-14-23-28(6)11-9-21-27(4,5)24(35-17(2)31)15-25(36-18(3)32)30(21,8)22(28)10-12-29(23,7)37-26(19)34-16/h13,21-25H,9-12,14-15H2,1-8H3. The number of rotatable bonds is 2. The first-order chi connectivity index (χ1) is 17.1. The summed E-state index contributed by atoms with van der Waals surface area (Å²) in [7, 11) is 0. The molecule has 1 aromatic heterocycles. The Balaban J connectivity index is 1.59. The molecule has 3 aliphatic carbocycles. The van der Waals surface area contributed by atoms with Crippen molar-refractivity contribution in [3.63, 3.8) is 0 Å². The molecule has 0 N–H and O–H groups in total. The Morgan fingerprint density at radius 2 is 1.54 bits per heavy atom. The van der Waals surface area contributed by atoms with E-state index in [0.29, 0.717) is 30.1 Å². The minimum Gasteiger partial charge on any atom is -0.462 e. The van der Waals surface area contributed by atoms with E-state index in [0.717, 1.165) is 25.7 Å². The van der Waals surface area contributed by atoms with Gasteiger partial charge in [0.05, 0.1) is 5.56 Å². The molecule has 0 radical (unpaired) electrons. The quantitative estimate of drug-likeness (QED) is 0.489. The van der Waals surface area contributed by atoms with Crippen LogP contribution in [0.25, 0.3) is 0 Å². The minimum absolute atomic E-state index is 0.0211. The van der Waals surface area contributed by atoms with Gasteiger partial charge in [0.2, 0.25) is 0 Å². The van der Waals surface area contributed by atoms with E-state index in [1.807, 2.05) is 0 Å². The van der Waals surface area contributed by atoms with Crippen LogP contribution in [0.3, 0.4) is 0 Å². The maximum absolute atomic E-state index is 13.0. The van der Waals surface area contributed by atoms with Crippen LogP contribution in [0.2, 0.25) is 0 Å². The van der Waals surface area contributed by atoms with Crippen LogP contribution in [-0.4, -0.2) is 29.7 Å². The third-order valence-electron chi connectivity index (χ3n) is 11.1. The molecular formula is C30H42O7. The number of ether oxygens (including phenoxy) is 3. The monoisotopic (exact) mass is 514 g/mol. The zero-order chi connectivity index (χ0) is 27.1. The fraction of sp³-hybridized carbons (Fsp3) is 0.767. The van der Waals surface area contributed by atoms with E-state index in [1.165, 1.54) is 13.8 Å². The number of aryl methyl sites for hydroxylation is 1. The van der Waals surface area contributed by atoms with Gasteiger partial charge < -0.3 is 18.6 Å². The third kappa shape index (κ3) is 3.77. The van der Waals surface area contributed by atoms with Crippen LogP contribution in [0.1, 0.15) is 91.9 Å². The van der Waals surface area contributed by atoms with E-state index < -0.39 is 5.60 Å². The SMILES string of the molecule is CC(=O)OC1CC(OC(C)=O)C2(C)C(CCC3(C)C4Cc5c(oc(C)cc5=O)OC4(C)CCC32)C1(C)C. The summed E-state index contributed by atoms with van der Waals surface area (Å²) < 4.78 is 24.4. The van der Waals surface area contributed by atoms with Gasteiger partial charge in [-0.1, -0.05) is 27.7 Å². The summed E-state index contributed by atoms with van der Waals surface area (Å²) in [6, 6.07) is 1.56. The predicted octanol–water partition coefficient (Wildman–Crippen LogP) is 5.38. The normalized spacial score (nSPS) is 41.7. The van der Waals surface area contributed by atoms with Gasteiger partial charge >= 0.3 is 11.9 Å². The molecule has 7 nitrogen and oxygen atoms in total. The van der Waals surface area contributed by atoms with Gasteiger partial charge in [0.25, 0.3) is 5.95 Å². The second-order valence-electron chi connectivity index (χ2n) is 13.5. The predicted molar refractivity (Wildman–Crippen MR) is 137 cm³/mol. The van der Waals surface area contributed by atoms with Crippen LogP contribution in [0.15, 0.2) is 15.3 Å². The number of carbonyl (C=O) groups excluding carboxylic acids is 2. The average molecular weight is 515 g/mol. The summed E-state index contributed by atoms with van der Waals surface area (Å²) in [4.78, 5) is 37.3. The average Bonchev–Trinajstić information content (AvgIpc) is 2.75. The van der Waals surface area contributed by atoms with E-state index in [-0.39, 0.29) is 63.6 Å². The molecule has 7 heteroatoms. The first-order valence-electron chi connectivity index (χ1n) is 13.8. The molecule has 1 aliphatic heterocycles. The highest BCUT2D eigenvalue weighted by atomic mass is 16.6. The van der Waals surface area contributed by atoms with E-state index in [4.69, 9.17) is 18.6 Å². The molecule has 0 aromatic carbocycles. The van der Waals surface area contributed by atoms with E-state index >= 15 is 0 Å². The van der Waals surface area contributed by atoms with Crippen LogP contribution in [0, 0.1) is 40.9 Å². The highest BCUT2D eigenvalue weighted by Crippen LogP contribution is 2.71. The number of carbonyl (C=O) groups is 2. The fourth-order valence-corrected chi connectivity index (χ4v) is 9.49. The maximum atomic E-state index is 13.0. The summed E-state index contributed by atoms with van der Waals surface area (Å²) >= 11 is 0. The van der Waals surface area contributed by atoms with Gasteiger partial charge in [-0.05, 0) is 63.2 Å². The Morgan fingerprint density at radius 3 is 2.19 bits per heavy atom. The van der Waals surface area contributed by atoms with Crippen molar-refractivity contribution < 1.29 is 28.2 Å². The largest absolute Gasteiger partial charge is 0.462 e. The van der Waals surface area contributed by atoms with Crippen molar-refractivity contribution in [1.29, 1.82) is 0 Å². The van der Waals surface area contributed by atoms with E-state index in [2.05, 4.69) is 34.6 Å². The molecule has 0 spiro atoms. The first kappa shape index (κ1) is 26.3. The van der Waals surface area contributed by atoms with Crippen molar-refractivity contribution in [3.05, 3.63) is 27.6 Å². The Bertz CT molecular complexity index is 1180. The molecule has 2 heterocycles. The van der Waals surface area contributed by atoms with Crippen LogP contribution >= 0.6 is 0 Å². The minimum atomic E-state index is -0.438. The third-order valence-corrected chi connectivity index (χ3v) is 11.1. The summed E-state index contributed by atoms with van der Waals surface area (Å²) in [6.45, 7) is 15.9. The summed E-state index contributed by atoms with van der Waals surface area (Å²) in [5.74, 6) is 0.922. The van der Waals surface area contributed by atoms with Crippen LogP contribution in [-0.2, 0) is 25.5 Å². The topological polar surface area (TPSA) is 92.0 Å². The van der Waals surface area contributed by atoms with Gasteiger partial charge in [0, 0.05) is 43.1 Å². The summed E-state index contributed by atoms with van der Waals surface area (Å²) in [5.41, 5.74) is -0.529. The second-order valence-corrected chi connectivity index (χ2v) is 13.5. The van der Waals surface area contributed by atoms with Crippen molar-refractivity contribution in [3.8, 4) is 5.95 Å². The van der Waals surface area contributed by atoms with Gasteiger partial charge in [-0.2, -0.15) is 0 Å². The first-order valence-corrected chi connectivity index (χ1v) is 13.8. The van der Waals surface area contributed by atoms with E-state index in [1.54, 1.807) is 13.0 Å². The molecule has 5 rings (SSSR count). The van der Waals surface area contributed by atoms with Gasteiger partial charge in [-0.15, -0.1) is 0 Å². The molecule has 8 atom stereocenters. The highest BCUT2D eigenvalue weighted by Gasteiger charge is 2.70. The molecule has 8 unspecified atom stereocenters. The molecular weight excluding hydrogens is 472 g/mol. The molecule has 0 amide bonds. The number of hydrogen-bond acceptors (Lipinski definition) is 7. The van der Waals surface area contributed by atoms with Crippen molar-refractivity contribution in [2.45, 2.75) is 112 Å². The summed E-state index contributed by atoms with van der Waals surface area (Å²) in [6.07, 6.45) is 4.10. The van der Waals surface area contributed by atoms with Crippen LogP contribution in [0.5, 0.6) is 5.95 Å². The zero-order valence-corrected chi connectivity index (χ0v) is 23.6. The molecule has 3 saturated carbocycles. The fourth-order valence-electron chi connectivity index (χ4n) is 9.49. The van der Waals surface area contributed by atoms with Gasteiger partial charge in [-0.3, -0.25) is 14.4 Å². The lowest BCUT2D eigenvalue weighted by molar-refractivity contribution is -0.265. The second kappa shape index (κ2) is 8.34. The van der Waals surface area contributed by atoms with Crippen molar-refractivity contribution >= 4 is 11.9 Å². The lowest BCUT2D eigenvalue weighted by atomic mass is 9.37. The smallest absolute Gasteiger partial charge is 0.302 e. The van der Waals surface area contributed by atoms with Gasteiger partial charge in [0.15, 0.2) is 5.43 Å². The highest BCUT2D eigenvalue weighted by molar-refractivity contribution is 5.67. The lowest BCUT2D eigenvalue weighted by Crippen LogP contribution is -2.70. The lowest BCUT2D eigenvalue weighted by Gasteiger charge is -2.70. The van der Waals surface area contributed by atoms with E-state index in [9.17, 15) is 14.4 Å². The maximum Gasteiger partial charge on any atom is 0.302 e. The zero-order valence-electron chi connectivity index (χ0n) is 23.6. The Labute approximate surface area is 219 Å². The Kier molecular flexibility index (Phi) is 5.93. The van der Waals surface area contributed by atoms with Crippen molar-refractivity contribution in [2.75, 3.05) is 0 Å². The summed E-state index contributed by atoms with van der Waals surface area (Å²) in [5, 5.41) is 0. The van der Waals surface area contributed by atoms with Crippen molar-refractivity contribution in [2.24, 2.45) is 34.0 Å². The molecule has 4 aliphatic rings. The van der Waals surface area contributed by atoms with Crippen molar-refractivity contribution in [1.82, 2.24) is 0 Å². The molecule has 204 valence electrons. The number of fused-ring (bicyclic) bond motifs is 6. The Morgan fingerprint density at radius 1 is 0.919 bits per heavy atom. The number of hydrogen-bond donors (Lipinski definition) is 0. The van der Waals surface area contributed by atoms with Crippen LogP contribution < -0.4 is 10.2 Å². The van der Waals surface area contributed by atoms with Gasteiger partial charge in [-0.25, -0.2) is 0 Å². The molecule has 3 fully saturated rings. The Hall–Kier alpha value is -2.31. The molecule has 1 aromatic rings. The molecule has 37 heavy (non-hydrogen) atoms.